The Hall–Kier alpha value is -1.81. The highest BCUT2D eigenvalue weighted by Gasteiger charge is 2.08. The molecule has 0 aliphatic carbocycles. The number of nitrogens with zero attached hydrogens (tertiary/aromatic N) is 2. The molecule has 1 aromatic heterocycles. The fourth-order valence-electron chi connectivity index (χ4n) is 1.74. The monoisotopic (exact) mass is 264 g/mol. The fourth-order valence-corrected chi connectivity index (χ4v) is 1.92. The van der Waals surface area contributed by atoms with E-state index in [2.05, 4.69) is 5.10 Å². The average Bonchev–Trinajstić information content (AvgIpc) is 2.80. The van der Waals surface area contributed by atoms with Crippen LogP contribution in [0.3, 0.4) is 0 Å². The second-order valence-corrected chi connectivity index (χ2v) is 4.37. The highest BCUT2D eigenvalue weighted by atomic mass is 35.5. The first-order valence-corrected chi connectivity index (χ1v) is 6.01. The number of carbonyl (C=O) groups is 1. The topological polar surface area (TPSA) is 55.1 Å². The molecule has 0 aliphatic heterocycles. The summed E-state index contributed by atoms with van der Waals surface area (Å²) in [5, 5.41) is 13.5. The largest absolute Gasteiger partial charge is 0.481 e. The lowest BCUT2D eigenvalue weighted by Gasteiger charge is -2.04. The van der Waals surface area contributed by atoms with Gasteiger partial charge in [-0.25, -0.2) is 0 Å². The summed E-state index contributed by atoms with van der Waals surface area (Å²) in [4.78, 5) is 10.7. The van der Waals surface area contributed by atoms with Crippen molar-refractivity contribution in [2.45, 2.75) is 19.9 Å². The van der Waals surface area contributed by atoms with Gasteiger partial charge in [0.25, 0.3) is 0 Å². The molecule has 0 aliphatic rings. The van der Waals surface area contributed by atoms with E-state index in [1.165, 1.54) is 0 Å². The summed E-state index contributed by atoms with van der Waals surface area (Å²) in [5.74, 6) is -0.890. The van der Waals surface area contributed by atoms with Gasteiger partial charge in [0.1, 0.15) is 0 Å². The maximum atomic E-state index is 10.7. The van der Waals surface area contributed by atoms with Crippen molar-refractivity contribution in [3.63, 3.8) is 0 Å². The number of rotatable bonds is 4. The van der Waals surface area contributed by atoms with Crippen LogP contribution in [0.2, 0.25) is 5.02 Å². The van der Waals surface area contributed by atoms with Gasteiger partial charge in [-0.1, -0.05) is 17.7 Å². The Morgan fingerprint density at radius 2 is 2.22 bits per heavy atom. The molecule has 0 unspecified atom stereocenters. The van der Waals surface area contributed by atoms with Crippen LogP contribution >= 0.6 is 11.6 Å². The Kier molecular flexibility index (Phi) is 3.67. The number of aryl methyl sites for hydroxylation is 1. The first kappa shape index (κ1) is 12.6. The number of benzene rings is 1. The summed E-state index contributed by atoms with van der Waals surface area (Å²) in [7, 11) is 0. The summed E-state index contributed by atoms with van der Waals surface area (Å²) < 4.78 is 1.82. The summed E-state index contributed by atoms with van der Waals surface area (Å²) in [6, 6.07) is 5.39. The fraction of sp³-hybridized carbons (Fsp3) is 0.231. The van der Waals surface area contributed by atoms with Crippen LogP contribution < -0.4 is 0 Å². The van der Waals surface area contributed by atoms with Crippen LogP contribution in [0, 0.1) is 0 Å². The van der Waals surface area contributed by atoms with Crippen LogP contribution in [0.4, 0.5) is 0 Å². The number of aromatic nitrogens is 2. The molecule has 2 aromatic rings. The molecule has 18 heavy (non-hydrogen) atoms. The van der Waals surface area contributed by atoms with Crippen LogP contribution in [0.1, 0.15) is 12.5 Å². The molecule has 1 aromatic carbocycles. The zero-order chi connectivity index (χ0) is 13.1. The van der Waals surface area contributed by atoms with Gasteiger partial charge >= 0.3 is 5.97 Å². The van der Waals surface area contributed by atoms with Crippen LogP contribution in [-0.4, -0.2) is 20.9 Å². The molecule has 0 spiro atoms. The van der Waals surface area contributed by atoms with Crippen molar-refractivity contribution in [2.75, 3.05) is 0 Å². The second kappa shape index (κ2) is 5.23. The molecular formula is C13H13ClN2O2. The van der Waals surface area contributed by atoms with Gasteiger partial charge in [-0.15, -0.1) is 0 Å². The maximum absolute atomic E-state index is 10.7. The average molecular weight is 265 g/mol. The zero-order valence-electron chi connectivity index (χ0n) is 9.93. The number of aliphatic carboxylic acids is 1. The van der Waals surface area contributed by atoms with E-state index in [-0.39, 0.29) is 6.42 Å². The molecular weight excluding hydrogens is 252 g/mol. The van der Waals surface area contributed by atoms with Gasteiger partial charge in [-0.3, -0.25) is 9.48 Å². The molecule has 0 saturated carbocycles. The van der Waals surface area contributed by atoms with Gasteiger partial charge in [0.15, 0.2) is 0 Å². The van der Waals surface area contributed by atoms with E-state index < -0.39 is 5.97 Å². The van der Waals surface area contributed by atoms with Crippen molar-refractivity contribution < 1.29 is 9.90 Å². The minimum Gasteiger partial charge on any atom is -0.481 e. The lowest BCUT2D eigenvalue weighted by molar-refractivity contribution is -0.136. The number of hydrogen-bond acceptors (Lipinski definition) is 2. The third kappa shape index (κ3) is 2.71. The van der Waals surface area contributed by atoms with Crippen molar-refractivity contribution in [1.29, 1.82) is 0 Å². The summed E-state index contributed by atoms with van der Waals surface area (Å²) in [6.45, 7) is 2.81. The van der Waals surface area contributed by atoms with E-state index in [0.717, 1.165) is 17.7 Å². The van der Waals surface area contributed by atoms with Gasteiger partial charge in [0.05, 0.1) is 12.6 Å². The Morgan fingerprint density at radius 3 is 2.83 bits per heavy atom. The molecule has 2 rings (SSSR count). The van der Waals surface area contributed by atoms with E-state index in [9.17, 15) is 4.79 Å². The van der Waals surface area contributed by atoms with Crippen molar-refractivity contribution in [3.8, 4) is 11.1 Å². The number of carboxylic acids is 1. The minimum absolute atomic E-state index is 0.0748. The van der Waals surface area contributed by atoms with E-state index in [1.54, 1.807) is 18.3 Å². The minimum atomic E-state index is -0.890. The molecule has 0 saturated heterocycles. The molecule has 0 fully saturated rings. The molecule has 94 valence electrons. The van der Waals surface area contributed by atoms with Crippen molar-refractivity contribution in [2.24, 2.45) is 0 Å². The summed E-state index contributed by atoms with van der Waals surface area (Å²) in [6.07, 6.45) is 3.61. The Labute approximate surface area is 110 Å². The molecule has 5 heteroatoms. The number of hydrogen-bond donors (Lipinski definition) is 1. The second-order valence-electron chi connectivity index (χ2n) is 3.96. The summed E-state index contributed by atoms with van der Waals surface area (Å²) in [5.41, 5.74) is 2.50. The van der Waals surface area contributed by atoms with Gasteiger partial charge in [0, 0.05) is 23.3 Å². The smallest absolute Gasteiger partial charge is 0.307 e. The lowest BCUT2D eigenvalue weighted by Crippen LogP contribution is -2.00. The zero-order valence-corrected chi connectivity index (χ0v) is 10.7. The van der Waals surface area contributed by atoms with Crippen LogP contribution in [-0.2, 0) is 17.8 Å². The first-order valence-electron chi connectivity index (χ1n) is 5.63. The van der Waals surface area contributed by atoms with Gasteiger partial charge in [-0.2, -0.15) is 5.10 Å². The predicted molar refractivity (Wildman–Crippen MR) is 69.7 cm³/mol. The maximum Gasteiger partial charge on any atom is 0.307 e. The van der Waals surface area contributed by atoms with Gasteiger partial charge in [0.2, 0.25) is 0 Å². The van der Waals surface area contributed by atoms with Gasteiger partial charge in [-0.05, 0) is 30.2 Å². The Morgan fingerprint density at radius 1 is 1.44 bits per heavy atom. The van der Waals surface area contributed by atoms with Crippen LogP contribution in [0.5, 0.6) is 0 Å². The normalized spacial score (nSPS) is 10.6. The molecule has 4 nitrogen and oxygen atoms in total. The molecule has 0 radical (unpaired) electrons. The Bertz CT molecular complexity index is 578. The highest BCUT2D eigenvalue weighted by molar-refractivity contribution is 6.31. The Balaban J connectivity index is 2.36. The van der Waals surface area contributed by atoms with E-state index in [0.29, 0.717) is 10.6 Å². The van der Waals surface area contributed by atoms with E-state index in [4.69, 9.17) is 16.7 Å². The first-order chi connectivity index (χ1) is 8.60. The number of halogens is 1. The van der Waals surface area contributed by atoms with E-state index >= 15 is 0 Å². The number of carboxylic acid groups (broad SMARTS) is 1. The molecule has 0 amide bonds. The van der Waals surface area contributed by atoms with Crippen molar-refractivity contribution in [3.05, 3.63) is 41.2 Å². The van der Waals surface area contributed by atoms with Crippen LogP contribution in [0.15, 0.2) is 30.6 Å². The molecule has 1 N–H and O–H groups in total. The lowest BCUT2D eigenvalue weighted by atomic mass is 10.0. The van der Waals surface area contributed by atoms with Crippen molar-refractivity contribution >= 4 is 17.6 Å². The quantitative estimate of drug-likeness (QED) is 0.924. The highest BCUT2D eigenvalue weighted by Crippen LogP contribution is 2.25. The molecule has 0 atom stereocenters. The SMILES string of the molecule is CCn1cc(-c2ccc(Cl)c(CC(=O)O)c2)cn1. The van der Waals surface area contributed by atoms with E-state index in [1.807, 2.05) is 23.9 Å². The third-order valence-electron chi connectivity index (χ3n) is 2.68. The molecule has 0 bridgehead atoms. The van der Waals surface area contributed by atoms with Crippen LogP contribution in [0.25, 0.3) is 11.1 Å². The van der Waals surface area contributed by atoms with Crippen molar-refractivity contribution in [1.82, 2.24) is 9.78 Å². The predicted octanol–water partition coefficient (Wildman–Crippen LogP) is 2.85. The molecule has 1 heterocycles. The standard InChI is InChI=1S/C13H13ClN2O2/c1-2-16-8-11(7-15-16)9-3-4-12(14)10(5-9)6-13(17)18/h3-5,7-8H,2,6H2,1H3,(H,17,18). The third-order valence-corrected chi connectivity index (χ3v) is 3.05. The summed E-state index contributed by atoms with van der Waals surface area (Å²) >= 11 is 5.98. The van der Waals surface area contributed by atoms with Gasteiger partial charge < -0.3 is 5.11 Å².